The van der Waals surface area contributed by atoms with E-state index in [-0.39, 0.29) is 17.4 Å². The SMILES string of the molecule is COc1ccc(S(=O)(=O)N2CCCCC2CNC(=O)C23CC4CC(CC(C4)C2)C3)c2ccccc12. The third-order valence-electron chi connectivity index (χ3n) is 9.24. The minimum Gasteiger partial charge on any atom is -0.496 e. The zero-order valence-corrected chi connectivity index (χ0v) is 21.4. The maximum absolute atomic E-state index is 14.0. The first-order valence-corrected chi connectivity index (χ1v) is 14.7. The Morgan fingerprint density at radius 3 is 2.31 bits per heavy atom. The molecule has 2 aromatic carbocycles. The van der Waals surface area contributed by atoms with Crippen molar-refractivity contribution in [3.05, 3.63) is 36.4 Å². The summed E-state index contributed by atoms with van der Waals surface area (Å²) >= 11 is 0. The normalized spacial score (nSPS) is 32.6. The van der Waals surface area contributed by atoms with Crippen LogP contribution in [0.4, 0.5) is 0 Å². The highest BCUT2D eigenvalue weighted by atomic mass is 32.2. The summed E-state index contributed by atoms with van der Waals surface area (Å²) in [5.41, 5.74) is -0.209. The maximum atomic E-state index is 14.0. The minimum atomic E-state index is -3.73. The molecule has 1 saturated heterocycles. The van der Waals surface area contributed by atoms with E-state index in [1.54, 1.807) is 23.5 Å². The molecule has 5 fully saturated rings. The van der Waals surface area contributed by atoms with Crippen molar-refractivity contribution in [2.45, 2.75) is 68.7 Å². The summed E-state index contributed by atoms with van der Waals surface area (Å²) in [7, 11) is -2.13. The number of carbonyl (C=O) groups excluding carboxylic acids is 1. The number of amides is 1. The van der Waals surface area contributed by atoms with Gasteiger partial charge >= 0.3 is 0 Å². The Bertz CT molecular complexity index is 1210. The number of ether oxygens (including phenoxy) is 1. The highest BCUT2D eigenvalue weighted by molar-refractivity contribution is 7.89. The second-order valence-corrected chi connectivity index (χ2v) is 13.3. The molecule has 5 aliphatic rings. The summed E-state index contributed by atoms with van der Waals surface area (Å²) in [6.07, 6.45) is 9.57. The van der Waals surface area contributed by atoms with E-state index in [1.165, 1.54) is 19.3 Å². The van der Waals surface area contributed by atoms with Crippen LogP contribution < -0.4 is 10.1 Å². The number of piperidine rings is 1. The highest BCUT2D eigenvalue weighted by Gasteiger charge is 2.54. The number of nitrogens with zero attached hydrogens (tertiary/aromatic N) is 1. The largest absolute Gasteiger partial charge is 0.496 e. The standard InChI is InChI=1S/C28H36N2O4S/c1-34-25-9-10-26(24-8-3-2-7-23(24)25)35(32,33)30-11-5-4-6-22(30)18-29-27(31)28-15-19-12-20(16-28)14-21(13-19)17-28/h2-3,7-10,19-22H,4-6,11-18H2,1H3,(H,29,31). The predicted molar refractivity (Wildman–Crippen MR) is 136 cm³/mol. The third kappa shape index (κ3) is 3.95. The molecule has 4 bridgehead atoms. The number of carbonyl (C=O) groups is 1. The number of fused-ring (bicyclic) bond motifs is 1. The van der Waals surface area contributed by atoms with Gasteiger partial charge in [-0.15, -0.1) is 0 Å². The van der Waals surface area contributed by atoms with Crippen LogP contribution in [0, 0.1) is 23.2 Å². The number of benzene rings is 2. The van der Waals surface area contributed by atoms with E-state index in [1.807, 2.05) is 24.3 Å². The lowest BCUT2D eigenvalue weighted by atomic mass is 9.49. The first-order valence-electron chi connectivity index (χ1n) is 13.3. The topological polar surface area (TPSA) is 75.7 Å². The van der Waals surface area contributed by atoms with Gasteiger partial charge in [-0.1, -0.05) is 30.7 Å². The Hall–Kier alpha value is -2.12. The molecule has 1 unspecified atom stereocenters. The molecule has 1 amide bonds. The zero-order valence-electron chi connectivity index (χ0n) is 20.5. The van der Waals surface area contributed by atoms with E-state index in [9.17, 15) is 13.2 Å². The molecule has 6 nitrogen and oxygen atoms in total. The number of hydrogen-bond donors (Lipinski definition) is 1. The van der Waals surface area contributed by atoms with Crippen molar-refractivity contribution in [2.75, 3.05) is 20.2 Å². The molecular formula is C28H36N2O4S. The van der Waals surface area contributed by atoms with Crippen molar-refractivity contribution in [3.8, 4) is 5.75 Å². The Kier molecular flexibility index (Phi) is 5.83. The smallest absolute Gasteiger partial charge is 0.244 e. The van der Waals surface area contributed by atoms with Crippen LogP contribution >= 0.6 is 0 Å². The van der Waals surface area contributed by atoms with Gasteiger partial charge in [0.05, 0.1) is 12.0 Å². The van der Waals surface area contributed by atoms with Gasteiger partial charge in [0.15, 0.2) is 0 Å². The summed E-state index contributed by atoms with van der Waals surface area (Å²) < 4.78 is 35.0. The number of rotatable bonds is 6. The fourth-order valence-electron chi connectivity index (χ4n) is 8.05. The number of nitrogens with one attached hydrogen (secondary N) is 1. The van der Waals surface area contributed by atoms with E-state index in [2.05, 4.69) is 5.32 Å². The van der Waals surface area contributed by atoms with Crippen molar-refractivity contribution in [1.82, 2.24) is 9.62 Å². The molecule has 1 atom stereocenters. The van der Waals surface area contributed by atoms with Crippen LogP contribution in [0.25, 0.3) is 10.8 Å². The van der Waals surface area contributed by atoms with Crippen LogP contribution in [-0.4, -0.2) is 44.9 Å². The van der Waals surface area contributed by atoms with Crippen LogP contribution in [0.5, 0.6) is 5.75 Å². The monoisotopic (exact) mass is 496 g/mol. The summed E-state index contributed by atoms with van der Waals surface area (Å²) in [5, 5.41) is 4.72. The van der Waals surface area contributed by atoms with Crippen molar-refractivity contribution in [3.63, 3.8) is 0 Å². The molecule has 7 rings (SSSR count). The fraction of sp³-hybridized carbons (Fsp3) is 0.607. The Balaban J connectivity index is 1.23. The summed E-state index contributed by atoms with van der Waals surface area (Å²) in [5.74, 6) is 2.97. The quantitative estimate of drug-likeness (QED) is 0.628. The van der Waals surface area contributed by atoms with Gasteiger partial charge in [0.2, 0.25) is 15.9 Å². The summed E-state index contributed by atoms with van der Waals surface area (Å²) in [6.45, 7) is 0.883. The molecule has 7 heteroatoms. The van der Waals surface area contributed by atoms with Gasteiger partial charge in [0, 0.05) is 35.3 Å². The lowest BCUT2D eigenvalue weighted by Gasteiger charge is -2.55. The van der Waals surface area contributed by atoms with Gasteiger partial charge in [-0.2, -0.15) is 4.31 Å². The van der Waals surface area contributed by atoms with E-state index in [4.69, 9.17) is 4.74 Å². The van der Waals surface area contributed by atoms with E-state index < -0.39 is 10.0 Å². The lowest BCUT2D eigenvalue weighted by molar-refractivity contribution is -0.146. The average molecular weight is 497 g/mol. The number of sulfonamides is 1. The van der Waals surface area contributed by atoms with Crippen molar-refractivity contribution in [1.29, 1.82) is 0 Å². The van der Waals surface area contributed by atoms with Crippen LogP contribution in [0.1, 0.15) is 57.8 Å². The summed E-state index contributed by atoms with van der Waals surface area (Å²) in [4.78, 5) is 13.8. The Labute approximate surface area is 208 Å². The third-order valence-corrected chi connectivity index (χ3v) is 11.3. The molecule has 1 N–H and O–H groups in total. The van der Waals surface area contributed by atoms with E-state index in [0.29, 0.717) is 46.9 Å². The average Bonchev–Trinajstić information content (AvgIpc) is 2.86. The van der Waals surface area contributed by atoms with Crippen molar-refractivity contribution in [2.24, 2.45) is 23.2 Å². The van der Waals surface area contributed by atoms with Gasteiger partial charge < -0.3 is 10.1 Å². The van der Waals surface area contributed by atoms with Gasteiger partial charge in [-0.3, -0.25) is 4.79 Å². The van der Waals surface area contributed by atoms with Gasteiger partial charge in [-0.25, -0.2) is 8.42 Å². The molecule has 35 heavy (non-hydrogen) atoms. The van der Waals surface area contributed by atoms with Crippen molar-refractivity contribution >= 4 is 26.7 Å². The Morgan fingerprint density at radius 1 is 1.00 bits per heavy atom. The van der Waals surface area contributed by atoms with Gasteiger partial charge in [0.25, 0.3) is 0 Å². The molecule has 4 aliphatic carbocycles. The van der Waals surface area contributed by atoms with Crippen LogP contribution in [0.3, 0.4) is 0 Å². The highest BCUT2D eigenvalue weighted by Crippen LogP contribution is 2.60. The van der Waals surface area contributed by atoms with Crippen molar-refractivity contribution < 1.29 is 17.9 Å². The molecule has 2 aromatic rings. The first-order chi connectivity index (χ1) is 16.9. The maximum Gasteiger partial charge on any atom is 0.244 e. The van der Waals surface area contributed by atoms with Crippen LogP contribution in [-0.2, 0) is 14.8 Å². The second-order valence-electron chi connectivity index (χ2n) is 11.5. The lowest BCUT2D eigenvalue weighted by Crippen LogP contribution is -2.56. The second kappa shape index (κ2) is 8.77. The molecule has 1 heterocycles. The summed E-state index contributed by atoms with van der Waals surface area (Å²) in [6, 6.07) is 10.7. The molecule has 0 aromatic heterocycles. The minimum absolute atomic E-state index is 0.175. The molecule has 188 valence electrons. The van der Waals surface area contributed by atoms with E-state index >= 15 is 0 Å². The Morgan fingerprint density at radius 2 is 1.66 bits per heavy atom. The van der Waals surface area contributed by atoms with Gasteiger partial charge in [0.1, 0.15) is 5.75 Å². The number of hydrogen-bond acceptors (Lipinski definition) is 4. The fourth-order valence-corrected chi connectivity index (χ4v) is 9.94. The molecular weight excluding hydrogens is 460 g/mol. The first kappa shape index (κ1) is 23.3. The van der Waals surface area contributed by atoms with E-state index in [0.717, 1.165) is 43.9 Å². The zero-order chi connectivity index (χ0) is 24.2. The molecule has 0 spiro atoms. The molecule has 4 saturated carbocycles. The van der Waals surface area contributed by atoms with Crippen LogP contribution in [0.15, 0.2) is 41.3 Å². The number of methoxy groups -OCH3 is 1. The molecule has 0 radical (unpaired) electrons. The predicted octanol–water partition coefficient (Wildman–Crippen LogP) is 4.72. The molecule has 1 aliphatic heterocycles. The van der Waals surface area contributed by atoms with Gasteiger partial charge in [-0.05, 0) is 81.3 Å². The van der Waals surface area contributed by atoms with Crippen LogP contribution in [0.2, 0.25) is 0 Å².